The molecule has 0 atom stereocenters. The predicted octanol–water partition coefficient (Wildman–Crippen LogP) is 2.52. The minimum Gasteiger partial charge on any atom is -0.326 e. The SMILES string of the molecule is CC1CCN(Cc2cc(F)cc(CN)c2)CC1. The Kier molecular flexibility index (Phi) is 4.13. The Morgan fingerprint density at radius 2 is 1.88 bits per heavy atom. The molecule has 0 radical (unpaired) electrons. The van der Waals surface area contributed by atoms with Crippen molar-refractivity contribution in [3.63, 3.8) is 0 Å². The van der Waals surface area contributed by atoms with E-state index < -0.39 is 0 Å². The highest BCUT2D eigenvalue weighted by Crippen LogP contribution is 2.19. The number of nitrogens with two attached hydrogens (primary N) is 1. The van der Waals surface area contributed by atoms with Crippen LogP contribution in [0.5, 0.6) is 0 Å². The van der Waals surface area contributed by atoms with Crippen molar-refractivity contribution in [2.75, 3.05) is 13.1 Å². The molecular formula is C14H21FN2. The number of piperidine rings is 1. The molecule has 1 fully saturated rings. The number of likely N-dealkylation sites (tertiary alicyclic amines) is 1. The number of nitrogens with zero attached hydrogens (tertiary/aromatic N) is 1. The van der Waals surface area contributed by atoms with Crippen LogP contribution in [0.25, 0.3) is 0 Å². The van der Waals surface area contributed by atoms with Gasteiger partial charge in [0.05, 0.1) is 0 Å². The van der Waals surface area contributed by atoms with E-state index in [1.165, 1.54) is 18.9 Å². The Hall–Kier alpha value is -0.930. The van der Waals surface area contributed by atoms with Crippen LogP contribution >= 0.6 is 0 Å². The van der Waals surface area contributed by atoms with Crippen molar-refractivity contribution in [2.45, 2.75) is 32.9 Å². The molecule has 2 N–H and O–H groups in total. The van der Waals surface area contributed by atoms with Crippen LogP contribution in [0, 0.1) is 11.7 Å². The van der Waals surface area contributed by atoms with Gasteiger partial charge >= 0.3 is 0 Å². The fraction of sp³-hybridized carbons (Fsp3) is 0.571. The lowest BCUT2D eigenvalue weighted by Gasteiger charge is -2.30. The van der Waals surface area contributed by atoms with Crippen molar-refractivity contribution in [1.29, 1.82) is 0 Å². The predicted molar refractivity (Wildman–Crippen MR) is 68.0 cm³/mol. The van der Waals surface area contributed by atoms with Crippen LogP contribution in [0.2, 0.25) is 0 Å². The zero-order chi connectivity index (χ0) is 12.3. The second-order valence-corrected chi connectivity index (χ2v) is 5.13. The maximum absolute atomic E-state index is 13.4. The molecule has 1 heterocycles. The summed E-state index contributed by atoms with van der Waals surface area (Å²) in [5.41, 5.74) is 7.48. The van der Waals surface area contributed by atoms with Gasteiger partial charge in [-0.25, -0.2) is 4.39 Å². The van der Waals surface area contributed by atoms with Gasteiger partial charge < -0.3 is 5.73 Å². The molecular weight excluding hydrogens is 215 g/mol. The van der Waals surface area contributed by atoms with E-state index in [0.29, 0.717) is 6.54 Å². The van der Waals surface area contributed by atoms with E-state index in [4.69, 9.17) is 5.73 Å². The number of hydrogen-bond donors (Lipinski definition) is 1. The Morgan fingerprint density at radius 3 is 2.53 bits per heavy atom. The third-order valence-electron chi connectivity index (χ3n) is 3.54. The van der Waals surface area contributed by atoms with Crippen molar-refractivity contribution in [2.24, 2.45) is 11.7 Å². The lowest BCUT2D eigenvalue weighted by molar-refractivity contribution is 0.185. The van der Waals surface area contributed by atoms with E-state index in [2.05, 4.69) is 11.8 Å². The minimum atomic E-state index is -0.173. The molecule has 0 aromatic heterocycles. The van der Waals surface area contributed by atoms with Crippen LogP contribution in [-0.4, -0.2) is 18.0 Å². The molecule has 1 aliphatic heterocycles. The quantitative estimate of drug-likeness (QED) is 0.873. The first-order valence-electron chi connectivity index (χ1n) is 6.38. The van der Waals surface area contributed by atoms with E-state index in [-0.39, 0.29) is 5.82 Å². The molecule has 3 heteroatoms. The molecule has 2 rings (SSSR count). The summed E-state index contributed by atoms with van der Waals surface area (Å²) >= 11 is 0. The van der Waals surface area contributed by atoms with Crippen molar-refractivity contribution < 1.29 is 4.39 Å². The Morgan fingerprint density at radius 1 is 1.24 bits per heavy atom. The zero-order valence-electron chi connectivity index (χ0n) is 10.5. The summed E-state index contributed by atoms with van der Waals surface area (Å²) in [4.78, 5) is 2.40. The van der Waals surface area contributed by atoms with Crippen molar-refractivity contribution >= 4 is 0 Å². The summed E-state index contributed by atoms with van der Waals surface area (Å²) in [7, 11) is 0. The molecule has 0 bridgehead atoms. The first-order valence-corrected chi connectivity index (χ1v) is 6.38. The van der Waals surface area contributed by atoms with Gasteiger partial charge in [0.2, 0.25) is 0 Å². The first-order chi connectivity index (χ1) is 8.17. The average Bonchev–Trinajstić information content (AvgIpc) is 2.31. The van der Waals surface area contributed by atoms with Crippen LogP contribution in [0.4, 0.5) is 4.39 Å². The summed E-state index contributed by atoms with van der Waals surface area (Å²) in [5.74, 6) is 0.659. The highest BCUT2D eigenvalue weighted by molar-refractivity contribution is 5.24. The normalized spacial score (nSPS) is 18.5. The van der Waals surface area contributed by atoms with Gasteiger partial charge in [-0.05, 0) is 55.1 Å². The third kappa shape index (κ3) is 3.51. The lowest BCUT2D eigenvalue weighted by Crippen LogP contribution is -2.32. The molecule has 2 nitrogen and oxygen atoms in total. The second kappa shape index (κ2) is 5.61. The first kappa shape index (κ1) is 12.5. The van der Waals surface area contributed by atoms with E-state index in [0.717, 1.165) is 36.7 Å². The van der Waals surface area contributed by atoms with E-state index in [1.54, 1.807) is 6.07 Å². The molecule has 0 saturated carbocycles. The standard InChI is InChI=1S/C14H21FN2/c1-11-2-4-17(5-3-11)10-13-6-12(9-16)7-14(15)8-13/h6-8,11H,2-5,9-10,16H2,1H3. The van der Waals surface area contributed by atoms with Gasteiger partial charge in [-0.2, -0.15) is 0 Å². The summed E-state index contributed by atoms with van der Waals surface area (Å²) in [6.07, 6.45) is 2.50. The van der Waals surface area contributed by atoms with Crippen LogP contribution in [-0.2, 0) is 13.1 Å². The fourth-order valence-corrected chi connectivity index (χ4v) is 2.40. The molecule has 0 unspecified atom stereocenters. The van der Waals surface area contributed by atoms with Gasteiger partial charge in [-0.1, -0.05) is 13.0 Å². The monoisotopic (exact) mass is 236 g/mol. The molecule has 1 aromatic rings. The lowest BCUT2D eigenvalue weighted by atomic mass is 9.98. The topological polar surface area (TPSA) is 29.3 Å². The molecule has 1 aromatic carbocycles. The molecule has 0 spiro atoms. The second-order valence-electron chi connectivity index (χ2n) is 5.13. The van der Waals surface area contributed by atoms with Gasteiger partial charge in [-0.15, -0.1) is 0 Å². The third-order valence-corrected chi connectivity index (χ3v) is 3.54. The summed E-state index contributed by atoms with van der Waals surface area (Å²) in [6, 6.07) is 5.15. The molecule has 1 saturated heterocycles. The minimum absolute atomic E-state index is 0.173. The van der Waals surface area contributed by atoms with Gasteiger partial charge in [0.15, 0.2) is 0 Å². The molecule has 17 heavy (non-hydrogen) atoms. The molecule has 0 amide bonds. The van der Waals surface area contributed by atoms with Gasteiger partial charge in [-0.3, -0.25) is 4.90 Å². The van der Waals surface area contributed by atoms with Crippen molar-refractivity contribution in [3.8, 4) is 0 Å². The Bertz CT molecular complexity index is 370. The smallest absolute Gasteiger partial charge is 0.123 e. The van der Waals surface area contributed by atoms with Gasteiger partial charge in [0, 0.05) is 13.1 Å². The van der Waals surface area contributed by atoms with Crippen LogP contribution in [0.3, 0.4) is 0 Å². The summed E-state index contributed by atoms with van der Waals surface area (Å²) < 4.78 is 13.4. The van der Waals surface area contributed by atoms with Gasteiger partial charge in [0.25, 0.3) is 0 Å². The van der Waals surface area contributed by atoms with E-state index in [1.807, 2.05) is 6.07 Å². The Labute approximate surface area is 103 Å². The Balaban J connectivity index is 2.00. The molecule has 94 valence electrons. The largest absolute Gasteiger partial charge is 0.326 e. The summed E-state index contributed by atoms with van der Waals surface area (Å²) in [5, 5.41) is 0. The highest BCUT2D eigenvalue weighted by Gasteiger charge is 2.15. The van der Waals surface area contributed by atoms with Crippen molar-refractivity contribution in [1.82, 2.24) is 4.90 Å². The van der Waals surface area contributed by atoms with E-state index in [9.17, 15) is 4.39 Å². The average molecular weight is 236 g/mol. The van der Waals surface area contributed by atoms with Crippen LogP contribution in [0.1, 0.15) is 30.9 Å². The number of rotatable bonds is 3. The molecule has 1 aliphatic rings. The fourth-order valence-electron chi connectivity index (χ4n) is 2.40. The zero-order valence-corrected chi connectivity index (χ0v) is 10.5. The van der Waals surface area contributed by atoms with E-state index >= 15 is 0 Å². The van der Waals surface area contributed by atoms with Crippen LogP contribution < -0.4 is 5.73 Å². The number of halogens is 1. The van der Waals surface area contributed by atoms with Crippen LogP contribution in [0.15, 0.2) is 18.2 Å². The number of hydrogen-bond acceptors (Lipinski definition) is 2. The highest BCUT2D eigenvalue weighted by atomic mass is 19.1. The molecule has 0 aliphatic carbocycles. The number of benzene rings is 1. The van der Waals surface area contributed by atoms with Gasteiger partial charge in [0.1, 0.15) is 5.82 Å². The summed E-state index contributed by atoms with van der Waals surface area (Å²) in [6.45, 7) is 5.79. The van der Waals surface area contributed by atoms with Crippen molar-refractivity contribution in [3.05, 3.63) is 35.1 Å². The maximum Gasteiger partial charge on any atom is 0.123 e. The maximum atomic E-state index is 13.4.